The number of carbonyl (C=O) groups is 2. The van der Waals surface area contributed by atoms with Gasteiger partial charge in [-0.25, -0.2) is 4.57 Å². The Morgan fingerprint density at radius 2 is 1.76 bits per heavy atom. The lowest BCUT2D eigenvalue weighted by Crippen LogP contribution is -2.63. The average molecular weight is 583 g/mol. The van der Waals surface area contributed by atoms with Crippen LogP contribution in [0.25, 0.3) is 0 Å². The predicted molar refractivity (Wildman–Crippen MR) is 142 cm³/mol. The van der Waals surface area contributed by atoms with E-state index in [2.05, 4.69) is 10.6 Å². The molecule has 0 spiro atoms. The number of carbonyl (C=O) groups excluding carboxylic acids is 2. The minimum absolute atomic E-state index is 0.113. The van der Waals surface area contributed by atoms with Gasteiger partial charge in [0.15, 0.2) is 0 Å². The fraction of sp³-hybridized carbons (Fsp3) is 0.833. The van der Waals surface area contributed by atoms with Crippen molar-refractivity contribution >= 4 is 31.4 Å². The summed E-state index contributed by atoms with van der Waals surface area (Å²) in [6.07, 6.45) is 2.93. The highest BCUT2D eigenvalue weighted by Crippen LogP contribution is 2.47. The molecule has 14 heteroatoms. The van der Waals surface area contributed by atoms with Gasteiger partial charge in [-0.05, 0) is 51.2 Å². The van der Waals surface area contributed by atoms with Crippen molar-refractivity contribution in [1.29, 1.82) is 0 Å². The van der Waals surface area contributed by atoms with Crippen molar-refractivity contribution in [1.82, 2.24) is 10.6 Å². The monoisotopic (exact) mass is 582 g/mol. The maximum atomic E-state index is 12.3. The number of phosphoric ester groups is 1. The Bertz CT molecular complexity index is 854. The van der Waals surface area contributed by atoms with Crippen LogP contribution in [0.15, 0.2) is 11.5 Å². The molecule has 2 aliphatic rings. The molecular weight excluding hydrogens is 539 g/mol. The summed E-state index contributed by atoms with van der Waals surface area (Å²) in [4.78, 5) is 33.7. The van der Waals surface area contributed by atoms with Gasteiger partial charge in [0.25, 0.3) is 0 Å². The second-order valence-electron chi connectivity index (χ2n) is 9.85. The lowest BCUT2D eigenvalue weighted by Gasteiger charge is -2.42. The molecule has 1 aliphatic carbocycles. The van der Waals surface area contributed by atoms with Crippen molar-refractivity contribution in [2.75, 3.05) is 19.0 Å². The molecule has 6 N–H and O–H groups in total. The maximum Gasteiger partial charge on any atom is 0.527 e. The Balaban J connectivity index is 1.69. The first-order chi connectivity index (χ1) is 17.9. The minimum Gasteiger partial charge on any atom is -0.407 e. The molecule has 2 fully saturated rings. The van der Waals surface area contributed by atoms with E-state index in [1.165, 1.54) is 25.6 Å². The third-order valence-electron chi connectivity index (χ3n) is 6.64. The largest absolute Gasteiger partial charge is 0.527 e. The van der Waals surface area contributed by atoms with Gasteiger partial charge in [0, 0.05) is 13.3 Å². The van der Waals surface area contributed by atoms with Crippen LogP contribution >= 0.6 is 19.6 Å². The van der Waals surface area contributed by atoms with Crippen LogP contribution in [0.3, 0.4) is 0 Å². The number of amides is 2. The van der Waals surface area contributed by atoms with Crippen molar-refractivity contribution in [2.45, 2.75) is 102 Å². The Labute approximate surface area is 228 Å². The highest BCUT2D eigenvalue weighted by molar-refractivity contribution is 7.99. The van der Waals surface area contributed by atoms with Crippen LogP contribution in [0.4, 0.5) is 0 Å². The zero-order valence-electron chi connectivity index (χ0n) is 22.3. The minimum atomic E-state index is -4.26. The van der Waals surface area contributed by atoms with Crippen LogP contribution in [-0.4, -0.2) is 80.8 Å². The molecule has 1 aliphatic heterocycles. The molecule has 6 atom stereocenters. The number of aliphatic hydroxyl groups excluding tert-OH is 3. The van der Waals surface area contributed by atoms with Crippen molar-refractivity contribution < 1.29 is 48.2 Å². The van der Waals surface area contributed by atoms with Gasteiger partial charge in [-0.3, -0.25) is 19.0 Å². The normalized spacial score (nSPS) is 28.3. The molecule has 12 nitrogen and oxygen atoms in total. The summed E-state index contributed by atoms with van der Waals surface area (Å²) in [7, 11) is -4.26. The molecule has 2 amide bonds. The lowest BCUT2D eigenvalue weighted by molar-refractivity contribution is -0.173. The van der Waals surface area contributed by atoms with E-state index in [0.29, 0.717) is 17.9 Å². The molecule has 1 saturated carbocycles. The van der Waals surface area contributed by atoms with E-state index in [1.807, 2.05) is 0 Å². The smallest absolute Gasteiger partial charge is 0.407 e. The Morgan fingerprint density at radius 3 is 2.39 bits per heavy atom. The first kappa shape index (κ1) is 33.0. The van der Waals surface area contributed by atoms with Gasteiger partial charge in [0.2, 0.25) is 11.8 Å². The molecule has 1 saturated heterocycles. The zero-order chi connectivity index (χ0) is 28.3. The highest BCUT2D eigenvalue weighted by Gasteiger charge is 2.44. The van der Waals surface area contributed by atoms with E-state index in [1.54, 1.807) is 6.92 Å². The molecule has 0 aromatic heterocycles. The topological polar surface area (TPSA) is 184 Å². The summed E-state index contributed by atoms with van der Waals surface area (Å²) in [5.74, 6) is 0.381. The summed E-state index contributed by atoms with van der Waals surface area (Å²) < 4.78 is 28.1. The number of rotatable bonds is 15. The molecule has 0 aromatic carbocycles. The summed E-state index contributed by atoms with van der Waals surface area (Å²) >= 11 is 1.36. The predicted octanol–water partition coefficient (Wildman–Crippen LogP) is 1.92. The van der Waals surface area contributed by atoms with Crippen LogP contribution in [0.5, 0.6) is 0 Å². The Morgan fingerprint density at radius 1 is 1.08 bits per heavy atom. The number of ether oxygens (including phenoxy) is 1. The highest BCUT2D eigenvalue weighted by atomic mass is 32.2. The molecule has 38 heavy (non-hydrogen) atoms. The molecule has 2 rings (SSSR count). The van der Waals surface area contributed by atoms with Gasteiger partial charge in [0.1, 0.15) is 29.5 Å². The fourth-order valence-corrected chi connectivity index (χ4v) is 6.58. The standard InChI is InChI=1S/C24H43N2O10PS/c1-15(16(2)36-37(32,33)34-14-18-9-6-7-10-18)25-20(29)11-5-4-8-12-38-24-21(26-17(3)28)23(31)22(30)19(13-27)35-24/h18-19,21-24,27,30-31H,4-14H2,1-3H3,(H,25,29)(H,26,28)(H,32,33)/b16-15-. The lowest BCUT2D eigenvalue weighted by atomic mass is 9.98. The summed E-state index contributed by atoms with van der Waals surface area (Å²) in [5, 5.41) is 35.1. The van der Waals surface area contributed by atoms with E-state index in [9.17, 15) is 34.4 Å². The average Bonchev–Trinajstić information content (AvgIpc) is 3.37. The molecule has 0 bridgehead atoms. The summed E-state index contributed by atoms with van der Waals surface area (Å²) in [5.41, 5.74) is -0.305. The summed E-state index contributed by atoms with van der Waals surface area (Å²) in [6, 6.07) is -0.816. The van der Waals surface area contributed by atoms with Crippen molar-refractivity contribution in [3.63, 3.8) is 0 Å². The number of aliphatic hydroxyl groups is 3. The number of unbranched alkanes of at least 4 members (excludes halogenated alkanes) is 2. The number of phosphoric acid groups is 1. The van der Waals surface area contributed by atoms with E-state index in [-0.39, 0.29) is 36.5 Å². The number of thioether (sulfide) groups is 1. The Kier molecular flexibility index (Phi) is 14.1. The first-order valence-corrected chi connectivity index (χ1v) is 15.6. The first-order valence-electron chi connectivity index (χ1n) is 13.1. The summed E-state index contributed by atoms with van der Waals surface area (Å²) in [6.45, 7) is 4.10. The van der Waals surface area contributed by atoms with Crippen molar-refractivity contribution in [3.05, 3.63) is 11.5 Å². The van der Waals surface area contributed by atoms with Crippen LogP contribution in [-0.2, 0) is 27.9 Å². The van der Waals surface area contributed by atoms with Gasteiger partial charge >= 0.3 is 7.82 Å². The van der Waals surface area contributed by atoms with Gasteiger partial charge in [0.05, 0.1) is 25.0 Å². The SMILES string of the molecule is CC(=O)NC1C(SCCCCCC(=O)N/C(C)=C(/C)OP(=O)(O)OCC2CCCC2)OC(CO)C(O)C1O. The van der Waals surface area contributed by atoms with Gasteiger partial charge in [-0.2, -0.15) is 0 Å². The van der Waals surface area contributed by atoms with Crippen molar-refractivity contribution in [2.24, 2.45) is 5.92 Å². The molecule has 0 aromatic rings. The molecular formula is C24H43N2O10PS. The Hall–Kier alpha value is -1.18. The zero-order valence-corrected chi connectivity index (χ0v) is 24.0. The third kappa shape index (κ3) is 11.1. The molecule has 0 radical (unpaired) electrons. The van der Waals surface area contributed by atoms with Gasteiger partial charge in [-0.15, -0.1) is 11.8 Å². The fourth-order valence-electron chi connectivity index (χ4n) is 4.38. The number of nitrogens with one attached hydrogen (secondary N) is 2. The van der Waals surface area contributed by atoms with Crippen molar-refractivity contribution in [3.8, 4) is 0 Å². The molecule has 220 valence electrons. The second-order valence-corrected chi connectivity index (χ2v) is 12.4. The van der Waals surface area contributed by atoms with E-state index < -0.39 is 44.2 Å². The number of hydrogen-bond acceptors (Lipinski definition) is 10. The molecule has 1 heterocycles. The molecule has 6 unspecified atom stereocenters. The number of allylic oxidation sites excluding steroid dienone is 2. The quantitative estimate of drug-likeness (QED) is 0.0942. The van der Waals surface area contributed by atoms with Crippen LogP contribution in [0, 0.1) is 5.92 Å². The van der Waals surface area contributed by atoms with E-state index in [0.717, 1.165) is 38.5 Å². The second kappa shape index (κ2) is 16.2. The van der Waals surface area contributed by atoms with Gasteiger partial charge < -0.3 is 35.2 Å². The van der Waals surface area contributed by atoms with Gasteiger partial charge in [-0.1, -0.05) is 19.3 Å². The van der Waals surface area contributed by atoms with E-state index >= 15 is 0 Å². The van der Waals surface area contributed by atoms with Crippen LogP contribution < -0.4 is 10.6 Å². The third-order valence-corrected chi connectivity index (χ3v) is 8.87. The maximum absolute atomic E-state index is 12.3. The van der Waals surface area contributed by atoms with E-state index in [4.69, 9.17) is 13.8 Å². The van der Waals surface area contributed by atoms with Crippen LogP contribution in [0.2, 0.25) is 0 Å². The van der Waals surface area contributed by atoms with Crippen LogP contribution in [0.1, 0.15) is 72.1 Å². The number of hydrogen-bond donors (Lipinski definition) is 6.